The van der Waals surface area contributed by atoms with Crippen molar-refractivity contribution in [2.75, 3.05) is 13.1 Å². The Kier molecular flexibility index (Phi) is 6.27. The Morgan fingerprint density at radius 3 is 2.39 bits per heavy atom. The van der Waals surface area contributed by atoms with E-state index >= 15 is 0 Å². The monoisotopic (exact) mass is 520 g/mol. The van der Waals surface area contributed by atoms with Crippen molar-refractivity contribution in [1.82, 2.24) is 15.5 Å². The van der Waals surface area contributed by atoms with E-state index in [9.17, 15) is 24.0 Å². The van der Waals surface area contributed by atoms with E-state index in [1.165, 1.54) is 11.1 Å². The van der Waals surface area contributed by atoms with Gasteiger partial charge in [0.25, 0.3) is 5.91 Å². The maximum atomic E-state index is 13.6. The van der Waals surface area contributed by atoms with E-state index in [1.807, 2.05) is 12.1 Å². The van der Waals surface area contributed by atoms with Gasteiger partial charge >= 0.3 is 0 Å². The van der Waals surface area contributed by atoms with Crippen molar-refractivity contribution in [2.45, 2.75) is 69.9 Å². The molecule has 5 aliphatic rings. The maximum Gasteiger partial charge on any atom is 0.287 e. The summed E-state index contributed by atoms with van der Waals surface area (Å²) in [5, 5.41) is 5.65. The summed E-state index contributed by atoms with van der Waals surface area (Å²) in [5.41, 5.74) is 7.90. The normalized spacial score (nSPS) is 31.0. The fraction of sp³-hybridized carbons (Fsp3) is 0.621. The number of rotatable bonds is 8. The van der Waals surface area contributed by atoms with Crippen LogP contribution >= 0.6 is 0 Å². The second-order valence-corrected chi connectivity index (χ2v) is 12.2. The first kappa shape index (κ1) is 25.1. The number of carbonyl (C=O) groups is 5. The largest absolute Gasteiger partial charge is 0.368 e. The molecule has 3 aliphatic carbocycles. The number of carbonyl (C=O) groups excluding carboxylic acids is 5. The molecule has 2 saturated heterocycles. The lowest BCUT2D eigenvalue weighted by Crippen LogP contribution is -2.55. The molecule has 6 rings (SSSR count). The lowest BCUT2D eigenvalue weighted by molar-refractivity contribution is -0.146. The smallest absolute Gasteiger partial charge is 0.287 e. The molecule has 4 N–H and O–H groups in total. The van der Waals surface area contributed by atoms with Crippen LogP contribution in [0.4, 0.5) is 0 Å². The summed E-state index contributed by atoms with van der Waals surface area (Å²) in [5.74, 6) is -2.76. The molecule has 2 aliphatic heterocycles. The van der Waals surface area contributed by atoms with Crippen LogP contribution in [0.25, 0.3) is 0 Å². The van der Waals surface area contributed by atoms with Gasteiger partial charge in [-0.3, -0.25) is 24.0 Å². The number of nitrogens with two attached hydrogens (primary N) is 1. The molecule has 4 amide bonds. The number of nitrogens with one attached hydrogen (secondary N) is 2. The molecule has 1 spiro atoms. The molecule has 9 nitrogen and oxygen atoms in total. The van der Waals surface area contributed by atoms with Gasteiger partial charge in [-0.2, -0.15) is 0 Å². The van der Waals surface area contributed by atoms with Gasteiger partial charge in [-0.25, -0.2) is 0 Å². The minimum Gasteiger partial charge on any atom is -0.368 e. The van der Waals surface area contributed by atoms with Crippen molar-refractivity contribution in [2.24, 2.45) is 34.8 Å². The van der Waals surface area contributed by atoms with E-state index in [1.54, 1.807) is 4.90 Å². The first-order chi connectivity index (χ1) is 18.3. The van der Waals surface area contributed by atoms with Crippen LogP contribution in [0.1, 0.15) is 56.1 Å². The Labute approximate surface area is 222 Å². The summed E-state index contributed by atoms with van der Waals surface area (Å²) < 4.78 is 0. The van der Waals surface area contributed by atoms with Gasteiger partial charge < -0.3 is 21.3 Å². The second-order valence-electron chi connectivity index (χ2n) is 12.2. The molecule has 4 fully saturated rings. The Bertz CT molecular complexity index is 1170. The number of ketones is 1. The fourth-order valence-corrected chi connectivity index (χ4v) is 7.34. The summed E-state index contributed by atoms with van der Waals surface area (Å²) >= 11 is 0. The molecule has 3 unspecified atom stereocenters. The van der Waals surface area contributed by atoms with Crippen LogP contribution in [-0.4, -0.2) is 59.5 Å². The van der Waals surface area contributed by atoms with Crippen molar-refractivity contribution in [3.05, 3.63) is 35.4 Å². The van der Waals surface area contributed by atoms with E-state index < -0.39 is 29.6 Å². The first-order valence-corrected chi connectivity index (χ1v) is 14.0. The van der Waals surface area contributed by atoms with E-state index in [4.69, 9.17) is 5.73 Å². The van der Waals surface area contributed by atoms with Gasteiger partial charge in [-0.1, -0.05) is 24.3 Å². The summed E-state index contributed by atoms with van der Waals surface area (Å²) in [6.07, 6.45) is 5.89. The summed E-state index contributed by atoms with van der Waals surface area (Å²) in [4.78, 5) is 66.3. The van der Waals surface area contributed by atoms with Crippen molar-refractivity contribution in [3.8, 4) is 0 Å². The topological polar surface area (TPSA) is 139 Å². The summed E-state index contributed by atoms with van der Waals surface area (Å²) in [6.45, 7) is 0.995. The van der Waals surface area contributed by atoms with Crippen molar-refractivity contribution in [3.63, 3.8) is 0 Å². The number of amides is 4. The van der Waals surface area contributed by atoms with Crippen LogP contribution in [0, 0.1) is 29.1 Å². The Balaban J connectivity index is 1.17. The molecular formula is C29H36N4O5. The Morgan fingerprint density at radius 1 is 1.08 bits per heavy atom. The fourth-order valence-electron chi connectivity index (χ4n) is 7.34. The number of benzene rings is 1. The van der Waals surface area contributed by atoms with E-state index in [-0.39, 0.29) is 41.0 Å². The predicted octanol–water partition coefficient (Wildman–Crippen LogP) is 0.874. The quantitative estimate of drug-likeness (QED) is 0.437. The highest BCUT2D eigenvalue weighted by atomic mass is 16.2. The summed E-state index contributed by atoms with van der Waals surface area (Å²) in [6, 6.07) is 7.41. The third kappa shape index (κ3) is 4.60. The second kappa shape index (κ2) is 9.50. The lowest BCUT2D eigenvalue weighted by atomic mass is 9.78. The zero-order valence-electron chi connectivity index (χ0n) is 21.6. The van der Waals surface area contributed by atoms with Crippen LogP contribution < -0.4 is 16.4 Å². The predicted molar refractivity (Wildman–Crippen MR) is 137 cm³/mol. The molecule has 0 radical (unpaired) electrons. The van der Waals surface area contributed by atoms with Crippen LogP contribution in [0.15, 0.2) is 24.3 Å². The molecular weight excluding hydrogens is 484 g/mol. The third-order valence-corrected chi connectivity index (χ3v) is 9.75. The molecule has 2 heterocycles. The molecule has 5 atom stereocenters. The number of Topliss-reactive ketones (excluding diaryl/α,β-unsaturated/α-hetero) is 1. The van der Waals surface area contributed by atoms with Gasteiger partial charge in [-0.15, -0.1) is 0 Å². The van der Waals surface area contributed by atoms with Gasteiger partial charge in [-0.05, 0) is 80.2 Å². The van der Waals surface area contributed by atoms with Gasteiger partial charge in [0.2, 0.25) is 23.5 Å². The van der Waals surface area contributed by atoms with Crippen molar-refractivity contribution < 1.29 is 24.0 Å². The van der Waals surface area contributed by atoms with Gasteiger partial charge in [0, 0.05) is 36.9 Å². The van der Waals surface area contributed by atoms with Crippen LogP contribution in [0.3, 0.4) is 0 Å². The highest BCUT2D eigenvalue weighted by molar-refractivity contribution is 6.37. The minimum absolute atomic E-state index is 0.0314. The number of likely N-dealkylation sites (tertiary alicyclic amines) is 1. The zero-order chi connectivity index (χ0) is 26.6. The first-order valence-electron chi connectivity index (χ1n) is 14.0. The number of fused-ring (bicyclic) bond motifs is 1. The van der Waals surface area contributed by atoms with Gasteiger partial charge in [0.15, 0.2) is 0 Å². The SMILES string of the molecule is NC(=O)C1CC2(CCN1C(=O)C1Cc3ccccc3C1)CC2[C@H](C[C@H]1CCNC1=O)C(=O)C(=O)NC1CC1. The number of nitrogens with zero attached hydrogens (tertiary/aromatic N) is 1. The highest BCUT2D eigenvalue weighted by Crippen LogP contribution is 2.64. The molecule has 2 saturated carbocycles. The number of hydrogen-bond acceptors (Lipinski definition) is 5. The van der Waals surface area contributed by atoms with Gasteiger partial charge in [0.1, 0.15) is 6.04 Å². The molecule has 38 heavy (non-hydrogen) atoms. The number of piperidine rings is 1. The molecule has 1 aromatic rings. The van der Waals surface area contributed by atoms with Crippen molar-refractivity contribution in [1.29, 1.82) is 0 Å². The number of hydrogen-bond donors (Lipinski definition) is 3. The molecule has 202 valence electrons. The average molecular weight is 521 g/mol. The Hall–Kier alpha value is -3.23. The lowest BCUT2D eigenvalue weighted by Gasteiger charge is -2.40. The zero-order valence-corrected chi connectivity index (χ0v) is 21.6. The van der Waals surface area contributed by atoms with E-state index in [2.05, 4.69) is 22.8 Å². The minimum atomic E-state index is -0.726. The highest BCUT2D eigenvalue weighted by Gasteiger charge is 2.63. The summed E-state index contributed by atoms with van der Waals surface area (Å²) in [7, 11) is 0. The molecule has 1 aromatic carbocycles. The third-order valence-electron chi connectivity index (χ3n) is 9.75. The molecule has 0 bridgehead atoms. The maximum absolute atomic E-state index is 13.6. The van der Waals surface area contributed by atoms with Crippen LogP contribution in [-0.2, 0) is 36.8 Å². The van der Waals surface area contributed by atoms with Gasteiger partial charge in [0.05, 0.1) is 0 Å². The van der Waals surface area contributed by atoms with Crippen molar-refractivity contribution >= 4 is 29.4 Å². The van der Waals surface area contributed by atoms with Crippen LogP contribution in [0.5, 0.6) is 0 Å². The number of primary amides is 1. The van der Waals surface area contributed by atoms with E-state index in [0.717, 1.165) is 12.8 Å². The molecule has 0 aromatic heterocycles. The van der Waals surface area contributed by atoms with E-state index in [0.29, 0.717) is 58.0 Å². The van der Waals surface area contributed by atoms with Crippen LogP contribution in [0.2, 0.25) is 0 Å². The average Bonchev–Trinajstić information content (AvgIpc) is 3.75. The molecule has 9 heteroatoms. The standard InChI is InChI=1S/C29H36N4O5/c30-25(35)23-15-29(8-10-33(23)28(38)19-11-16-3-1-2-4-17(16)12-19)14-22(29)21(13-18-7-9-31-26(18)36)24(34)27(37)32-20-5-6-20/h1-4,18-23H,5-15H2,(H2,30,35)(H,31,36)(H,32,37)/t18-,21+,22?,23?,29?/m1/s1. The Morgan fingerprint density at radius 2 is 1.79 bits per heavy atom.